The van der Waals surface area contributed by atoms with Crippen molar-refractivity contribution in [1.29, 1.82) is 0 Å². The lowest BCUT2D eigenvalue weighted by Crippen LogP contribution is -2.30. The molecule has 0 fully saturated rings. The Kier molecular flexibility index (Phi) is 4.11. The molecule has 1 aromatic heterocycles. The lowest BCUT2D eigenvalue weighted by Gasteiger charge is -2.21. The predicted molar refractivity (Wildman–Crippen MR) is 60.6 cm³/mol. The minimum atomic E-state index is -0.973. The maximum atomic E-state index is 10.4. The Morgan fingerprint density at radius 2 is 2.33 bits per heavy atom. The van der Waals surface area contributed by atoms with Crippen molar-refractivity contribution < 1.29 is 15.0 Å². The summed E-state index contributed by atoms with van der Waals surface area (Å²) in [7, 11) is 1.85. The highest BCUT2D eigenvalue weighted by molar-refractivity contribution is 7.14. The second-order valence-corrected chi connectivity index (χ2v) is 4.44. The van der Waals surface area contributed by atoms with Gasteiger partial charge in [-0.3, -0.25) is 4.79 Å². The molecule has 2 N–H and O–H groups in total. The number of likely N-dealkylation sites (N-methyl/N-ethyl adjacent to an activating group) is 1. The van der Waals surface area contributed by atoms with E-state index in [4.69, 9.17) is 5.11 Å². The number of aliphatic carboxylic acids is 1. The predicted octanol–water partition coefficient (Wildman–Crippen LogP) is 1.33. The number of carboxylic acids is 1. The molecule has 1 heterocycles. The van der Waals surface area contributed by atoms with Gasteiger partial charge in [0, 0.05) is 13.6 Å². The van der Waals surface area contributed by atoms with Crippen molar-refractivity contribution in [3.63, 3.8) is 0 Å². The molecular formula is C10H15NO3S. The Hall–Kier alpha value is -1.07. The Morgan fingerprint density at radius 1 is 1.67 bits per heavy atom. The minimum Gasteiger partial charge on any atom is -0.481 e. The molecule has 0 aliphatic carbocycles. The summed E-state index contributed by atoms with van der Waals surface area (Å²) in [4.78, 5) is 12.3. The van der Waals surface area contributed by atoms with Crippen molar-refractivity contribution in [2.45, 2.75) is 19.4 Å². The van der Waals surface area contributed by atoms with E-state index in [0.717, 1.165) is 10.6 Å². The molecule has 1 rings (SSSR count). The zero-order valence-corrected chi connectivity index (χ0v) is 9.62. The fraction of sp³-hybridized carbons (Fsp3) is 0.500. The smallest absolute Gasteiger partial charge is 0.306 e. The van der Waals surface area contributed by atoms with E-state index >= 15 is 0 Å². The number of hydrogen-bond acceptors (Lipinski definition) is 4. The van der Waals surface area contributed by atoms with Crippen LogP contribution in [0.4, 0.5) is 5.00 Å². The average Bonchev–Trinajstić information content (AvgIpc) is 2.49. The van der Waals surface area contributed by atoms with Crippen LogP contribution in [0.15, 0.2) is 11.4 Å². The number of hydrogen-bond donors (Lipinski definition) is 2. The van der Waals surface area contributed by atoms with E-state index in [2.05, 4.69) is 0 Å². The van der Waals surface area contributed by atoms with Crippen molar-refractivity contribution in [2.24, 2.45) is 0 Å². The molecule has 0 radical (unpaired) electrons. The van der Waals surface area contributed by atoms with E-state index in [1.807, 2.05) is 30.3 Å². The van der Waals surface area contributed by atoms with Crippen LogP contribution in [-0.4, -0.2) is 35.9 Å². The molecule has 1 unspecified atom stereocenters. The monoisotopic (exact) mass is 229 g/mol. The standard InChI is InChI=1S/C10H15NO3S/c1-7-3-4-15-10(7)11(2)6-8(12)5-9(13)14/h3-4,8,12H,5-6H2,1-2H3,(H,13,14). The molecule has 0 aliphatic heterocycles. The fourth-order valence-corrected chi connectivity index (χ4v) is 2.33. The molecule has 0 aliphatic rings. The van der Waals surface area contributed by atoms with Crippen molar-refractivity contribution >= 4 is 22.3 Å². The second kappa shape index (κ2) is 5.14. The van der Waals surface area contributed by atoms with Crippen molar-refractivity contribution in [3.8, 4) is 0 Å². The molecule has 1 aromatic rings. The lowest BCUT2D eigenvalue weighted by molar-refractivity contribution is -0.139. The molecule has 0 saturated carbocycles. The molecule has 1 atom stereocenters. The van der Waals surface area contributed by atoms with Crippen LogP contribution in [0.5, 0.6) is 0 Å². The highest BCUT2D eigenvalue weighted by atomic mass is 32.1. The molecule has 15 heavy (non-hydrogen) atoms. The third-order valence-corrected chi connectivity index (χ3v) is 3.21. The van der Waals surface area contributed by atoms with Crippen LogP contribution >= 0.6 is 11.3 Å². The lowest BCUT2D eigenvalue weighted by atomic mass is 10.2. The van der Waals surface area contributed by atoms with Crippen LogP contribution in [0.3, 0.4) is 0 Å². The Morgan fingerprint density at radius 3 is 2.80 bits per heavy atom. The number of anilines is 1. The van der Waals surface area contributed by atoms with Crippen molar-refractivity contribution in [2.75, 3.05) is 18.5 Å². The number of aliphatic hydroxyl groups is 1. The van der Waals surface area contributed by atoms with Gasteiger partial charge in [-0.1, -0.05) is 0 Å². The topological polar surface area (TPSA) is 60.8 Å². The summed E-state index contributed by atoms with van der Waals surface area (Å²) in [5.41, 5.74) is 1.14. The van der Waals surface area contributed by atoms with Crippen LogP contribution in [0.2, 0.25) is 0 Å². The summed E-state index contributed by atoms with van der Waals surface area (Å²) in [6.45, 7) is 2.33. The Balaban J connectivity index is 2.52. The van der Waals surface area contributed by atoms with Gasteiger partial charge in [-0.15, -0.1) is 11.3 Å². The van der Waals surface area contributed by atoms with Gasteiger partial charge in [0.25, 0.3) is 0 Å². The van der Waals surface area contributed by atoms with E-state index < -0.39 is 12.1 Å². The molecular weight excluding hydrogens is 214 g/mol. The van der Waals surface area contributed by atoms with E-state index in [0.29, 0.717) is 6.54 Å². The van der Waals surface area contributed by atoms with Crippen LogP contribution in [-0.2, 0) is 4.79 Å². The number of nitrogens with zero attached hydrogens (tertiary/aromatic N) is 1. The molecule has 0 aromatic carbocycles. The van der Waals surface area contributed by atoms with Gasteiger partial charge in [0.2, 0.25) is 0 Å². The molecule has 5 heteroatoms. The Bertz CT molecular complexity index is 337. The number of carbonyl (C=O) groups is 1. The first-order valence-electron chi connectivity index (χ1n) is 4.65. The number of aryl methyl sites for hydroxylation is 1. The third kappa shape index (κ3) is 3.53. The summed E-state index contributed by atoms with van der Waals surface area (Å²) >= 11 is 1.59. The van der Waals surface area contributed by atoms with Crippen LogP contribution in [0, 0.1) is 6.92 Å². The first-order chi connectivity index (χ1) is 7.00. The van der Waals surface area contributed by atoms with Gasteiger partial charge in [0.05, 0.1) is 17.5 Å². The number of carboxylic acid groups (broad SMARTS) is 1. The minimum absolute atomic E-state index is 0.214. The zero-order valence-electron chi connectivity index (χ0n) is 8.80. The van der Waals surface area contributed by atoms with Gasteiger partial charge < -0.3 is 15.1 Å². The molecule has 4 nitrogen and oxygen atoms in total. The SMILES string of the molecule is Cc1ccsc1N(C)CC(O)CC(=O)O. The Labute approximate surface area is 92.8 Å². The summed E-state index contributed by atoms with van der Waals surface area (Å²) in [6, 6.07) is 2.00. The zero-order chi connectivity index (χ0) is 11.4. The second-order valence-electron chi connectivity index (χ2n) is 3.54. The maximum Gasteiger partial charge on any atom is 0.306 e. The van der Waals surface area contributed by atoms with Crippen molar-refractivity contribution in [1.82, 2.24) is 0 Å². The fourth-order valence-electron chi connectivity index (χ4n) is 1.42. The highest BCUT2D eigenvalue weighted by Gasteiger charge is 2.14. The van der Waals surface area contributed by atoms with Crippen LogP contribution in [0.25, 0.3) is 0 Å². The largest absolute Gasteiger partial charge is 0.481 e. The quantitative estimate of drug-likeness (QED) is 0.799. The highest BCUT2D eigenvalue weighted by Crippen LogP contribution is 2.25. The summed E-state index contributed by atoms with van der Waals surface area (Å²) < 4.78 is 0. The van der Waals surface area contributed by atoms with Gasteiger partial charge in [-0.05, 0) is 23.9 Å². The number of aliphatic hydroxyl groups excluding tert-OH is 1. The van der Waals surface area contributed by atoms with Gasteiger partial charge in [0.1, 0.15) is 0 Å². The molecule has 0 bridgehead atoms. The molecule has 84 valence electrons. The van der Waals surface area contributed by atoms with E-state index in [1.165, 1.54) is 0 Å². The van der Waals surface area contributed by atoms with Gasteiger partial charge in [-0.2, -0.15) is 0 Å². The van der Waals surface area contributed by atoms with Crippen molar-refractivity contribution in [3.05, 3.63) is 17.0 Å². The molecule has 0 amide bonds. The van der Waals surface area contributed by atoms with Crippen LogP contribution in [0.1, 0.15) is 12.0 Å². The number of rotatable bonds is 5. The average molecular weight is 229 g/mol. The van der Waals surface area contributed by atoms with Crippen LogP contribution < -0.4 is 4.90 Å². The van der Waals surface area contributed by atoms with E-state index in [1.54, 1.807) is 11.3 Å². The molecule has 0 spiro atoms. The van der Waals surface area contributed by atoms with Gasteiger partial charge >= 0.3 is 5.97 Å². The van der Waals surface area contributed by atoms with Gasteiger partial charge in [-0.25, -0.2) is 0 Å². The summed E-state index contributed by atoms with van der Waals surface area (Å²) in [6.07, 6.45) is -1.04. The normalized spacial score (nSPS) is 12.5. The summed E-state index contributed by atoms with van der Waals surface area (Å²) in [5, 5.41) is 21.0. The summed E-state index contributed by atoms with van der Waals surface area (Å²) in [5.74, 6) is -0.973. The first kappa shape index (κ1) is 12.0. The number of thiophene rings is 1. The first-order valence-corrected chi connectivity index (χ1v) is 5.53. The third-order valence-electron chi connectivity index (χ3n) is 2.08. The van der Waals surface area contributed by atoms with E-state index in [9.17, 15) is 9.90 Å². The van der Waals surface area contributed by atoms with E-state index in [-0.39, 0.29) is 6.42 Å². The maximum absolute atomic E-state index is 10.4. The molecule has 0 saturated heterocycles. The van der Waals surface area contributed by atoms with Gasteiger partial charge in [0.15, 0.2) is 0 Å².